The molecule has 6 heteroatoms. The molecule has 2 rings (SSSR count). The van der Waals surface area contributed by atoms with Gasteiger partial charge in [-0.2, -0.15) is 0 Å². The fourth-order valence-corrected chi connectivity index (χ4v) is 4.63. The van der Waals surface area contributed by atoms with Crippen LogP contribution in [0.1, 0.15) is 34.1 Å². The van der Waals surface area contributed by atoms with Crippen molar-refractivity contribution in [1.82, 2.24) is 9.80 Å². The minimum absolute atomic E-state index is 0.00961. The largest absolute Gasteiger partial charge is 0.337 e. The lowest BCUT2D eigenvalue weighted by Gasteiger charge is -2.37. The molecular formula is C16H28N2O3S. The van der Waals surface area contributed by atoms with E-state index in [1.807, 2.05) is 11.8 Å². The highest BCUT2D eigenvalue weighted by Crippen LogP contribution is 2.24. The zero-order valence-corrected chi connectivity index (χ0v) is 14.9. The SMILES string of the molecule is C/C(=C/C(=O)N1CCN([C@@H]2CCS(=O)(=O)C2)CC1)C(C)(C)C. The summed E-state index contributed by atoms with van der Waals surface area (Å²) < 4.78 is 23.1. The van der Waals surface area contributed by atoms with E-state index in [9.17, 15) is 13.2 Å². The maximum Gasteiger partial charge on any atom is 0.246 e. The van der Waals surface area contributed by atoms with Crippen molar-refractivity contribution >= 4 is 15.7 Å². The molecule has 0 aromatic rings. The average Bonchev–Trinajstić information content (AvgIpc) is 2.78. The van der Waals surface area contributed by atoms with Crippen LogP contribution in [0.3, 0.4) is 0 Å². The average molecular weight is 328 g/mol. The summed E-state index contributed by atoms with van der Waals surface area (Å²) in [5.74, 6) is 0.667. The van der Waals surface area contributed by atoms with Gasteiger partial charge in [-0.1, -0.05) is 26.3 Å². The lowest BCUT2D eigenvalue weighted by molar-refractivity contribution is -0.128. The van der Waals surface area contributed by atoms with E-state index < -0.39 is 9.84 Å². The van der Waals surface area contributed by atoms with E-state index in [2.05, 4.69) is 25.7 Å². The van der Waals surface area contributed by atoms with Crippen LogP contribution in [0.15, 0.2) is 11.6 Å². The smallest absolute Gasteiger partial charge is 0.246 e. The Morgan fingerprint density at radius 3 is 2.18 bits per heavy atom. The van der Waals surface area contributed by atoms with Crippen molar-refractivity contribution in [3.8, 4) is 0 Å². The number of sulfone groups is 1. The van der Waals surface area contributed by atoms with Gasteiger partial charge in [0.25, 0.3) is 0 Å². The van der Waals surface area contributed by atoms with Crippen molar-refractivity contribution in [2.45, 2.75) is 40.2 Å². The first-order valence-corrected chi connectivity index (χ1v) is 9.83. The van der Waals surface area contributed by atoms with Crippen molar-refractivity contribution in [3.63, 3.8) is 0 Å². The third-order valence-corrected chi connectivity index (χ3v) is 6.62. The Hall–Kier alpha value is -0.880. The van der Waals surface area contributed by atoms with Crippen LogP contribution in [-0.2, 0) is 14.6 Å². The number of piperazine rings is 1. The molecule has 2 saturated heterocycles. The van der Waals surface area contributed by atoms with Crippen LogP contribution in [0.5, 0.6) is 0 Å². The maximum absolute atomic E-state index is 12.3. The van der Waals surface area contributed by atoms with Crippen LogP contribution in [-0.4, -0.2) is 67.9 Å². The normalized spacial score (nSPS) is 27.2. The number of carbonyl (C=O) groups is 1. The van der Waals surface area contributed by atoms with E-state index in [1.54, 1.807) is 6.08 Å². The summed E-state index contributed by atoms with van der Waals surface area (Å²) in [5, 5.41) is 0. The first-order chi connectivity index (χ1) is 10.1. The lowest BCUT2D eigenvalue weighted by atomic mass is 9.87. The summed E-state index contributed by atoms with van der Waals surface area (Å²) in [7, 11) is -2.84. The van der Waals surface area contributed by atoms with E-state index in [-0.39, 0.29) is 23.1 Å². The third kappa shape index (κ3) is 4.32. The fraction of sp³-hybridized carbons (Fsp3) is 0.812. The van der Waals surface area contributed by atoms with Crippen LogP contribution >= 0.6 is 0 Å². The molecule has 0 aliphatic carbocycles. The summed E-state index contributed by atoms with van der Waals surface area (Å²) in [6, 6.07) is 0.147. The molecule has 1 amide bonds. The molecule has 1 atom stereocenters. The summed E-state index contributed by atoms with van der Waals surface area (Å²) in [4.78, 5) is 16.4. The Morgan fingerprint density at radius 1 is 1.14 bits per heavy atom. The summed E-state index contributed by atoms with van der Waals surface area (Å²) >= 11 is 0. The van der Waals surface area contributed by atoms with Gasteiger partial charge in [-0.25, -0.2) is 8.42 Å². The molecule has 0 spiro atoms. The summed E-state index contributed by atoms with van der Waals surface area (Å²) in [6.45, 7) is 11.2. The van der Waals surface area contributed by atoms with Gasteiger partial charge in [-0.3, -0.25) is 9.69 Å². The van der Waals surface area contributed by atoms with Crippen molar-refractivity contribution in [3.05, 3.63) is 11.6 Å². The van der Waals surface area contributed by atoms with Crippen molar-refractivity contribution in [2.75, 3.05) is 37.7 Å². The van der Waals surface area contributed by atoms with Gasteiger partial charge >= 0.3 is 0 Å². The van der Waals surface area contributed by atoms with E-state index in [4.69, 9.17) is 0 Å². The number of rotatable bonds is 2. The van der Waals surface area contributed by atoms with E-state index in [1.165, 1.54) is 0 Å². The number of allylic oxidation sites excluding steroid dienone is 1. The van der Waals surface area contributed by atoms with Crippen molar-refractivity contribution < 1.29 is 13.2 Å². The van der Waals surface area contributed by atoms with Gasteiger partial charge in [0.05, 0.1) is 11.5 Å². The van der Waals surface area contributed by atoms with Gasteiger partial charge in [-0.15, -0.1) is 0 Å². The standard InChI is InChI=1S/C16H28N2O3S/c1-13(16(2,3)4)11-15(19)18-8-6-17(7-9-18)14-5-10-22(20,21)12-14/h11,14H,5-10,12H2,1-4H3/b13-11-/t14-/m1/s1. The molecule has 5 nitrogen and oxygen atoms in total. The monoisotopic (exact) mass is 328 g/mol. The van der Waals surface area contributed by atoms with Gasteiger partial charge in [0.15, 0.2) is 9.84 Å². The first-order valence-electron chi connectivity index (χ1n) is 8.01. The molecule has 0 N–H and O–H groups in total. The second-order valence-corrected chi connectivity index (χ2v) is 9.72. The third-order valence-electron chi connectivity index (χ3n) is 4.87. The molecule has 0 aromatic heterocycles. The molecule has 0 bridgehead atoms. The van der Waals surface area contributed by atoms with Crippen LogP contribution in [0, 0.1) is 5.41 Å². The fourth-order valence-electron chi connectivity index (χ4n) is 2.86. The van der Waals surface area contributed by atoms with Crippen LogP contribution in [0.25, 0.3) is 0 Å². The molecule has 22 heavy (non-hydrogen) atoms. The van der Waals surface area contributed by atoms with Gasteiger partial charge in [0, 0.05) is 38.3 Å². The zero-order chi connectivity index (χ0) is 16.5. The molecule has 2 fully saturated rings. The predicted octanol–water partition coefficient (Wildman–Crippen LogP) is 1.31. The van der Waals surface area contributed by atoms with Crippen LogP contribution in [0.4, 0.5) is 0 Å². The van der Waals surface area contributed by atoms with Crippen molar-refractivity contribution in [1.29, 1.82) is 0 Å². The minimum Gasteiger partial charge on any atom is -0.337 e. The molecule has 2 aliphatic rings. The zero-order valence-electron chi connectivity index (χ0n) is 14.1. The highest BCUT2D eigenvalue weighted by atomic mass is 32.2. The Labute approximate surface area is 134 Å². The second kappa shape index (κ2) is 6.32. The molecule has 126 valence electrons. The maximum atomic E-state index is 12.3. The molecule has 0 aromatic carbocycles. The second-order valence-electron chi connectivity index (χ2n) is 7.50. The number of carbonyl (C=O) groups excluding carboxylic acids is 1. The first kappa shape index (κ1) is 17.5. The Balaban J connectivity index is 1.89. The molecule has 0 unspecified atom stereocenters. The molecular weight excluding hydrogens is 300 g/mol. The Kier molecular flexibility index (Phi) is 5.02. The highest BCUT2D eigenvalue weighted by molar-refractivity contribution is 7.91. The van der Waals surface area contributed by atoms with Crippen LogP contribution < -0.4 is 0 Å². The quantitative estimate of drug-likeness (QED) is 0.717. The topological polar surface area (TPSA) is 57.7 Å². The van der Waals surface area contributed by atoms with Crippen LogP contribution in [0.2, 0.25) is 0 Å². The van der Waals surface area contributed by atoms with Crippen molar-refractivity contribution in [2.24, 2.45) is 5.41 Å². The summed E-state index contributed by atoms with van der Waals surface area (Å²) in [5.41, 5.74) is 1.09. The molecule has 2 aliphatic heterocycles. The van der Waals surface area contributed by atoms with E-state index >= 15 is 0 Å². The van der Waals surface area contributed by atoms with E-state index in [0.29, 0.717) is 18.8 Å². The summed E-state index contributed by atoms with van der Waals surface area (Å²) in [6.07, 6.45) is 2.48. The van der Waals surface area contributed by atoms with E-state index in [0.717, 1.165) is 25.1 Å². The number of nitrogens with zero attached hydrogens (tertiary/aromatic N) is 2. The molecule has 0 saturated carbocycles. The number of hydrogen-bond acceptors (Lipinski definition) is 4. The van der Waals surface area contributed by atoms with Gasteiger partial charge in [-0.05, 0) is 18.8 Å². The highest BCUT2D eigenvalue weighted by Gasteiger charge is 2.34. The minimum atomic E-state index is -2.84. The predicted molar refractivity (Wildman–Crippen MR) is 88.4 cm³/mol. The lowest BCUT2D eigenvalue weighted by Crippen LogP contribution is -2.52. The van der Waals surface area contributed by atoms with Gasteiger partial charge < -0.3 is 4.90 Å². The number of amides is 1. The molecule has 2 heterocycles. The Bertz CT molecular complexity index is 552. The van der Waals surface area contributed by atoms with Gasteiger partial charge in [0.2, 0.25) is 5.91 Å². The number of hydrogen-bond donors (Lipinski definition) is 0. The Morgan fingerprint density at radius 2 is 1.73 bits per heavy atom. The molecule has 0 radical (unpaired) electrons. The van der Waals surface area contributed by atoms with Gasteiger partial charge in [0.1, 0.15) is 0 Å².